The average Bonchev–Trinajstić information content (AvgIpc) is 3.12. The van der Waals surface area contributed by atoms with Crippen LogP contribution in [0, 0.1) is 12.7 Å². The largest absolute Gasteiger partial charge is 0.360 e. The number of piperazine rings is 1. The lowest BCUT2D eigenvalue weighted by atomic mass is 9.97. The highest BCUT2D eigenvalue weighted by Gasteiger charge is 2.34. The number of quaternary nitrogens is 1. The molecule has 0 bridgehead atoms. The first-order valence-corrected chi connectivity index (χ1v) is 10.5. The van der Waals surface area contributed by atoms with Crippen LogP contribution in [-0.2, 0) is 0 Å². The molecule has 0 aliphatic carbocycles. The van der Waals surface area contributed by atoms with Crippen molar-refractivity contribution in [3.8, 4) is 0 Å². The average molecular weight is 402 g/mol. The molecule has 1 aliphatic heterocycles. The molecule has 0 radical (unpaired) electrons. The number of rotatable bonds is 4. The molecule has 4 aromatic rings. The molecule has 1 atom stereocenters. The van der Waals surface area contributed by atoms with Crippen LogP contribution in [0.25, 0.3) is 10.9 Å². The summed E-state index contributed by atoms with van der Waals surface area (Å²) in [5.41, 5.74) is 5.92. The number of aryl methyl sites for hydroxylation is 1. The van der Waals surface area contributed by atoms with Gasteiger partial charge in [-0.05, 0) is 49.4 Å². The van der Waals surface area contributed by atoms with Crippen molar-refractivity contribution in [1.29, 1.82) is 0 Å². The van der Waals surface area contributed by atoms with Gasteiger partial charge in [0, 0.05) is 34.0 Å². The van der Waals surface area contributed by atoms with Crippen molar-refractivity contribution in [2.75, 3.05) is 31.1 Å². The molecule has 2 aromatic heterocycles. The van der Waals surface area contributed by atoms with Crippen molar-refractivity contribution in [3.63, 3.8) is 0 Å². The maximum absolute atomic E-state index is 13.3. The highest BCUT2D eigenvalue weighted by atomic mass is 19.1. The van der Waals surface area contributed by atoms with Crippen molar-refractivity contribution in [2.45, 2.75) is 13.0 Å². The predicted molar refractivity (Wildman–Crippen MR) is 118 cm³/mol. The number of fused-ring (bicyclic) bond motifs is 1. The number of nitrogens with zero attached hydrogens (tertiary/aromatic N) is 2. The van der Waals surface area contributed by atoms with E-state index in [4.69, 9.17) is 4.98 Å². The van der Waals surface area contributed by atoms with Gasteiger partial charge in [-0.1, -0.05) is 24.3 Å². The SMILES string of the molecule is Cc1[nH]c2ccccc2c1[C@@H](c1ccccn1)[NH+]1CCN(c2ccc(F)cc2)CC1. The summed E-state index contributed by atoms with van der Waals surface area (Å²) in [6.07, 6.45) is 1.89. The Morgan fingerprint density at radius 2 is 1.70 bits per heavy atom. The van der Waals surface area contributed by atoms with Gasteiger partial charge < -0.3 is 14.8 Å². The summed E-state index contributed by atoms with van der Waals surface area (Å²) in [4.78, 5) is 12.2. The van der Waals surface area contributed by atoms with E-state index in [-0.39, 0.29) is 11.9 Å². The standard InChI is InChI=1S/C25H25FN4/c1-18-24(21-6-2-3-7-22(21)28-18)25(23-8-4-5-13-27-23)30-16-14-29(15-17-30)20-11-9-19(26)10-12-20/h2-13,25,28H,14-17H2,1H3/p+1/t25-/m1/s1. The van der Waals surface area contributed by atoms with Gasteiger partial charge in [-0.3, -0.25) is 4.98 Å². The van der Waals surface area contributed by atoms with E-state index in [1.54, 1.807) is 12.1 Å². The smallest absolute Gasteiger partial charge is 0.158 e. The first-order chi connectivity index (χ1) is 14.7. The minimum absolute atomic E-state index is 0.178. The van der Waals surface area contributed by atoms with Gasteiger partial charge in [0.05, 0.1) is 26.2 Å². The van der Waals surface area contributed by atoms with Crippen LogP contribution in [0.4, 0.5) is 10.1 Å². The number of aromatic nitrogens is 2. The molecule has 1 fully saturated rings. The number of nitrogens with one attached hydrogen (secondary N) is 2. The molecule has 1 saturated heterocycles. The van der Waals surface area contributed by atoms with Crippen molar-refractivity contribution >= 4 is 16.6 Å². The lowest BCUT2D eigenvalue weighted by Gasteiger charge is -2.37. The zero-order chi connectivity index (χ0) is 20.5. The molecule has 0 amide bonds. The maximum atomic E-state index is 13.3. The number of anilines is 1. The Hall–Kier alpha value is -3.18. The summed E-state index contributed by atoms with van der Waals surface area (Å²) < 4.78 is 13.3. The molecule has 2 N–H and O–H groups in total. The van der Waals surface area contributed by atoms with Crippen molar-refractivity contribution in [3.05, 3.63) is 95.7 Å². The third kappa shape index (κ3) is 3.46. The Kier molecular flexibility index (Phi) is 4.97. The second kappa shape index (κ2) is 7.92. The molecular formula is C25H26FN4+. The van der Waals surface area contributed by atoms with Crippen LogP contribution >= 0.6 is 0 Å². The monoisotopic (exact) mass is 401 g/mol. The summed E-state index contributed by atoms with van der Waals surface area (Å²) in [7, 11) is 0. The molecule has 0 saturated carbocycles. The molecule has 1 aliphatic rings. The van der Waals surface area contributed by atoms with Crippen LogP contribution < -0.4 is 9.80 Å². The highest BCUT2D eigenvalue weighted by molar-refractivity contribution is 5.85. The van der Waals surface area contributed by atoms with E-state index in [2.05, 4.69) is 53.2 Å². The van der Waals surface area contributed by atoms with Gasteiger partial charge >= 0.3 is 0 Å². The van der Waals surface area contributed by atoms with E-state index in [9.17, 15) is 4.39 Å². The quantitative estimate of drug-likeness (QED) is 0.549. The summed E-state index contributed by atoms with van der Waals surface area (Å²) >= 11 is 0. The zero-order valence-electron chi connectivity index (χ0n) is 17.1. The van der Waals surface area contributed by atoms with Crippen LogP contribution in [0.15, 0.2) is 72.9 Å². The van der Waals surface area contributed by atoms with Crippen molar-refractivity contribution in [2.24, 2.45) is 0 Å². The van der Waals surface area contributed by atoms with Gasteiger partial charge in [0.25, 0.3) is 0 Å². The number of halogens is 1. The zero-order valence-corrected chi connectivity index (χ0v) is 17.1. The summed E-state index contributed by atoms with van der Waals surface area (Å²) in [6.45, 7) is 6.03. The minimum atomic E-state index is -0.187. The van der Waals surface area contributed by atoms with Gasteiger partial charge in [0.1, 0.15) is 11.5 Å². The summed E-state index contributed by atoms with van der Waals surface area (Å²) in [6, 6.07) is 21.7. The predicted octanol–water partition coefficient (Wildman–Crippen LogP) is 3.50. The second-order valence-electron chi connectivity index (χ2n) is 8.02. The number of hydrogen-bond acceptors (Lipinski definition) is 2. The fourth-order valence-corrected chi connectivity index (χ4v) is 4.77. The van der Waals surface area contributed by atoms with E-state index in [0.717, 1.165) is 37.6 Å². The fourth-order valence-electron chi connectivity index (χ4n) is 4.77. The first-order valence-electron chi connectivity index (χ1n) is 10.5. The van der Waals surface area contributed by atoms with E-state index in [1.165, 1.54) is 27.1 Å². The number of benzene rings is 2. The lowest BCUT2D eigenvalue weighted by molar-refractivity contribution is -0.926. The lowest BCUT2D eigenvalue weighted by Crippen LogP contribution is -3.15. The van der Waals surface area contributed by atoms with Gasteiger partial charge in [0.15, 0.2) is 6.04 Å². The molecule has 152 valence electrons. The van der Waals surface area contributed by atoms with Gasteiger partial charge in [-0.2, -0.15) is 0 Å². The summed E-state index contributed by atoms with van der Waals surface area (Å²) in [5, 5.41) is 1.28. The van der Waals surface area contributed by atoms with Crippen LogP contribution in [0.2, 0.25) is 0 Å². The van der Waals surface area contributed by atoms with E-state index < -0.39 is 0 Å². The van der Waals surface area contributed by atoms with Gasteiger partial charge in [-0.25, -0.2) is 4.39 Å². The normalized spacial score (nSPS) is 16.1. The van der Waals surface area contributed by atoms with Crippen LogP contribution in [0.1, 0.15) is 23.0 Å². The van der Waals surface area contributed by atoms with Crippen molar-refractivity contribution < 1.29 is 9.29 Å². The Labute approximate surface area is 176 Å². The number of para-hydroxylation sites is 1. The summed E-state index contributed by atoms with van der Waals surface area (Å²) in [5.74, 6) is -0.187. The highest BCUT2D eigenvalue weighted by Crippen LogP contribution is 2.30. The Morgan fingerprint density at radius 1 is 0.967 bits per heavy atom. The number of hydrogen-bond donors (Lipinski definition) is 2. The maximum Gasteiger partial charge on any atom is 0.158 e. The minimum Gasteiger partial charge on any atom is -0.360 e. The third-order valence-corrected chi connectivity index (χ3v) is 6.22. The third-order valence-electron chi connectivity index (χ3n) is 6.22. The van der Waals surface area contributed by atoms with E-state index >= 15 is 0 Å². The Morgan fingerprint density at radius 3 is 2.43 bits per heavy atom. The molecule has 4 nitrogen and oxygen atoms in total. The number of pyridine rings is 1. The van der Waals surface area contributed by atoms with Crippen molar-refractivity contribution in [1.82, 2.24) is 9.97 Å². The first kappa shape index (κ1) is 18.8. The molecule has 5 heteroatoms. The van der Waals surface area contributed by atoms with Gasteiger partial charge in [-0.15, -0.1) is 0 Å². The Bertz CT molecular complexity index is 1130. The van der Waals surface area contributed by atoms with Gasteiger partial charge in [0.2, 0.25) is 0 Å². The van der Waals surface area contributed by atoms with E-state index in [0.29, 0.717) is 0 Å². The number of H-pyrrole nitrogens is 1. The molecule has 3 heterocycles. The molecule has 2 aromatic carbocycles. The molecule has 0 spiro atoms. The second-order valence-corrected chi connectivity index (χ2v) is 8.02. The fraction of sp³-hybridized carbons (Fsp3) is 0.240. The molecule has 30 heavy (non-hydrogen) atoms. The molecule has 5 rings (SSSR count). The van der Waals surface area contributed by atoms with Crippen LogP contribution in [0.5, 0.6) is 0 Å². The number of aromatic amines is 1. The topological polar surface area (TPSA) is 36.4 Å². The molecular weight excluding hydrogens is 375 g/mol. The molecule has 0 unspecified atom stereocenters. The van der Waals surface area contributed by atoms with Crippen LogP contribution in [-0.4, -0.2) is 36.1 Å². The van der Waals surface area contributed by atoms with Crippen LogP contribution in [0.3, 0.4) is 0 Å². The van der Waals surface area contributed by atoms with E-state index in [1.807, 2.05) is 24.4 Å². The Balaban J connectivity index is 1.48.